The van der Waals surface area contributed by atoms with Gasteiger partial charge < -0.3 is 4.98 Å². The lowest BCUT2D eigenvalue weighted by Gasteiger charge is -2.16. The average molecular weight is 429 g/mol. The fourth-order valence-electron chi connectivity index (χ4n) is 2.70. The predicted octanol–water partition coefficient (Wildman–Crippen LogP) is 1.94. The van der Waals surface area contributed by atoms with Crippen molar-refractivity contribution in [2.75, 3.05) is 34.4 Å². The van der Waals surface area contributed by atoms with Gasteiger partial charge in [0.1, 0.15) is 4.90 Å². The number of pyridine rings is 1. The number of benzene rings is 1. The van der Waals surface area contributed by atoms with Gasteiger partial charge in [-0.05, 0) is 24.5 Å². The second kappa shape index (κ2) is 6.74. The average Bonchev–Trinajstić information content (AvgIpc) is 2.97. The molecule has 0 bridgehead atoms. The topological polar surface area (TPSA) is 103 Å². The highest BCUT2D eigenvalue weighted by Gasteiger charge is 2.27. The molecule has 0 aliphatic carbocycles. The molecule has 8 nitrogen and oxygen atoms in total. The largest absolute Gasteiger partial charge is 0.352 e. The Morgan fingerprint density at radius 3 is 2.11 bits per heavy atom. The van der Waals surface area contributed by atoms with Gasteiger partial charge in [0, 0.05) is 39.0 Å². The Hall–Kier alpha value is -1.66. The number of aromatic nitrogens is 2. The highest BCUT2D eigenvalue weighted by Crippen LogP contribution is 2.35. The fraction of sp³-hybridized carbons (Fsp3) is 0.312. The first-order valence-corrected chi connectivity index (χ1v) is 11.9. The molecule has 0 aliphatic rings. The van der Waals surface area contributed by atoms with E-state index in [0.29, 0.717) is 16.4 Å². The van der Waals surface area contributed by atoms with E-state index in [0.717, 1.165) is 19.0 Å². The first-order chi connectivity index (χ1) is 12.5. The van der Waals surface area contributed by atoms with Crippen molar-refractivity contribution < 1.29 is 16.8 Å². The van der Waals surface area contributed by atoms with E-state index in [1.807, 2.05) is 12.3 Å². The summed E-state index contributed by atoms with van der Waals surface area (Å²) in [6, 6.07) is 4.52. The zero-order valence-electron chi connectivity index (χ0n) is 15.5. The number of hydrogen-bond acceptors (Lipinski definition) is 6. The second-order valence-electron chi connectivity index (χ2n) is 6.32. The van der Waals surface area contributed by atoms with Crippen LogP contribution in [0.2, 0.25) is 0 Å². The van der Waals surface area contributed by atoms with E-state index < -0.39 is 20.0 Å². The maximum atomic E-state index is 12.9. The van der Waals surface area contributed by atoms with Crippen molar-refractivity contribution in [2.45, 2.75) is 14.8 Å². The minimum atomic E-state index is -3.88. The van der Waals surface area contributed by atoms with E-state index in [-0.39, 0.29) is 9.79 Å². The van der Waals surface area contributed by atoms with Crippen LogP contribution >= 0.6 is 11.8 Å². The van der Waals surface area contributed by atoms with Crippen molar-refractivity contribution >= 4 is 53.6 Å². The summed E-state index contributed by atoms with van der Waals surface area (Å²) >= 11 is 1.45. The van der Waals surface area contributed by atoms with Crippen LogP contribution < -0.4 is 0 Å². The number of aromatic amines is 1. The van der Waals surface area contributed by atoms with Crippen LogP contribution in [0.5, 0.6) is 0 Å². The molecule has 3 rings (SSSR count). The van der Waals surface area contributed by atoms with Gasteiger partial charge in [-0.25, -0.2) is 30.4 Å². The molecule has 2 aromatic heterocycles. The molecule has 0 spiro atoms. The van der Waals surface area contributed by atoms with E-state index >= 15 is 0 Å². The number of fused-ring (bicyclic) bond motifs is 3. The molecule has 146 valence electrons. The third-order valence-corrected chi connectivity index (χ3v) is 8.52. The standard InChI is InChI=1S/C16H20N4O4S3/c1-19(2)26(21,22)10-6-12-11-8-15(25-5)17-9-13(11)18-16(12)14(7-10)27(23,24)20(3)4/h6-9,18H,1-5H3. The molecule has 27 heavy (non-hydrogen) atoms. The van der Waals surface area contributed by atoms with E-state index in [1.165, 1.54) is 52.1 Å². The van der Waals surface area contributed by atoms with Gasteiger partial charge in [0.25, 0.3) is 0 Å². The van der Waals surface area contributed by atoms with Gasteiger partial charge in [-0.2, -0.15) is 0 Å². The number of nitrogens with zero attached hydrogens (tertiary/aromatic N) is 3. The second-order valence-corrected chi connectivity index (χ2v) is 11.4. The summed E-state index contributed by atoms with van der Waals surface area (Å²) in [6.07, 6.45) is 3.50. The Morgan fingerprint density at radius 1 is 0.926 bits per heavy atom. The molecule has 0 saturated carbocycles. The number of nitrogens with one attached hydrogen (secondary N) is 1. The van der Waals surface area contributed by atoms with E-state index in [9.17, 15) is 16.8 Å². The number of H-pyrrole nitrogens is 1. The molecule has 0 aliphatic heterocycles. The van der Waals surface area contributed by atoms with Crippen LogP contribution in [0.15, 0.2) is 39.2 Å². The molecule has 2 heterocycles. The lowest BCUT2D eigenvalue weighted by molar-refractivity contribution is 0.518. The van der Waals surface area contributed by atoms with Crippen LogP contribution in [0, 0.1) is 0 Å². The number of thioether (sulfide) groups is 1. The van der Waals surface area contributed by atoms with Crippen LogP contribution in [-0.4, -0.2) is 69.9 Å². The summed E-state index contributed by atoms with van der Waals surface area (Å²) in [6.45, 7) is 0. The van der Waals surface area contributed by atoms with Crippen LogP contribution in [0.4, 0.5) is 0 Å². The normalized spacial score (nSPS) is 13.3. The molecular formula is C16H20N4O4S3. The van der Waals surface area contributed by atoms with Crippen LogP contribution in [0.25, 0.3) is 21.8 Å². The summed E-state index contributed by atoms with van der Waals surface area (Å²) < 4.78 is 53.3. The Morgan fingerprint density at radius 2 is 1.56 bits per heavy atom. The fourth-order valence-corrected chi connectivity index (χ4v) is 5.21. The third-order valence-electron chi connectivity index (χ3n) is 4.25. The van der Waals surface area contributed by atoms with Gasteiger partial charge in [-0.1, -0.05) is 0 Å². The molecule has 1 N–H and O–H groups in total. The first-order valence-electron chi connectivity index (χ1n) is 7.84. The Balaban J connectivity index is 2.52. The van der Waals surface area contributed by atoms with Crippen LogP contribution in [-0.2, 0) is 20.0 Å². The van der Waals surface area contributed by atoms with Crippen molar-refractivity contribution in [2.24, 2.45) is 0 Å². The molecule has 0 atom stereocenters. The van der Waals surface area contributed by atoms with Gasteiger partial charge in [-0.15, -0.1) is 11.8 Å². The molecule has 3 aromatic rings. The van der Waals surface area contributed by atoms with E-state index in [4.69, 9.17) is 0 Å². The number of sulfonamides is 2. The summed E-state index contributed by atoms with van der Waals surface area (Å²) in [5.41, 5.74) is 0.994. The van der Waals surface area contributed by atoms with Gasteiger partial charge in [-0.3, -0.25) is 0 Å². The summed E-state index contributed by atoms with van der Waals surface area (Å²) in [5.74, 6) is 0. The Labute approximate surface area is 162 Å². The van der Waals surface area contributed by atoms with Crippen LogP contribution in [0.3, 0.4) is 0 Å². The minimum Gasteiger partial charge on any atom is -0.352 e. The smallest absolute Gasteiger partial charge is 0.244 e. The lowest BCUT2D eigenvalue weighted by atomic mass is 10.2. The molecule has 0 unspecified atom stereocenters. The van der Waals surface area contributed by atoms with Gasteiger partial charge in [0.2, 0.25) is 20.0 Å². The van der Waals surface area contributed by atoms with Crippen molar-refractivity contribution in [3.8, 4) is 0 Å². The maximum Gasteiger partial charge on any atom is 0.244 e. The Kier molecular flexibility index (Phi) is 5.02. The molecule has 0 saturated heterocycles. The first kappa shape index (κ1) is 20.1. The SMILES string of the molecule is CSc1cc2c(cn1)[nH]c1c(S(=O)(=O)N(C)C)cc(S(=O)(=O)N(C)C)cc12. The molecule has 0 amide bonds. The monoisotopic (exact) mass is 428 g/mol. The van der Waals surface area contributed by atoms with Crippen LogP contribution in [0.1, 0.15) is 0 Å². The van der Waals surface area contributed by atoms with Crippen molar-refractivity contribution in [3.63, 3.8) is 0 Å². The summed E-state index contributed by atoms with van der Waals surface area (Å²) in [7, 11) is -2.08. The van der Waals surface area contributed by atoms with E-state index in [2.05, 4.69) is 9.97 Å². The zero-order valence-corrected chi connectivity index (χ0v) is 18.0. The lowest BCUT2D eigenvalue weighted by Crippen LogP contribution is -2.25. The molecular weight excluding hydrogens is 408 g/mol. The minimum absolute atomic E-state index is 0.0798. The highest BCUT2D eigenvalue weighted by atomic mass is 32.2. The van der Waals surface area contributed by atoms with Crippen molar-refractivity contribution in [1.82, 2.24) is 18.6 Å². The zero-order chi connectivity index (χ0) is 20.1. The molecule has 1 aromatic carbocycles. The summed E-state index contributed by atoms with van der Waals surface area (Å²) in [5, 5.41) is 1.99. The molecule has 11 heteroatoms. The number of hydrogen-bond donors (Lipinski definition) is 1. The highest BCUT2D eigenvalue weighted by molar-refractivity contribution is 7.98. The van der Waals surface area contributed by atoms with Gasteiger partial charge in [0.15, 0.2) is 0 Å². The predicted molar refractivity (Wildman–Crippen MR) is 107 cm³/mol. The Bertz CT molecular complexity index is 1250. The quantitative estimate of drug-likeness (QED) is 0.623. The third kappa shape index (κ3) is 3.23. The molecule has 0 fully saturated rings. The molecule has 0 radical (unpaired) electrons. The van der Waals surface area contributed by atoms with E-state index in [1.54, 1.807) is 6.20 Å². The van der Waals surface area contributed by atoms with Crippen molar-refractivity contribution in [1.29, 1.82) is 0 Å². The van der Waals surface area contributed by atoms with Gasteiger partial charge >= 0.3 is 0 Å². The van der Waals surface area contributed by atoms with Crippen molar-refractivity contribution in [3.05, 3.63) is 24.4 Å². The van der Waals surface area contributed by atoms with Gasteiger partial charge in [0.05, 0.1) is 27.2 Å². The number of rotatable bonds is 5. The summed E-state index contributed by atoms with van der Waals surface area (Å²) in [4.78, 5) is 7.20. The maximum absolute atomic E-state index is 12.9.